The van der Waals surface area contributed by atoms with E-state index < -0.39 is 17.5 Å². The smallest absolute Gasteiger partial charge is 0.317 e. The summed E-state index contributed by atoms with van der Waals surface area (Å²) in [4.78, 5) is 3.58. The normalized spacial score (nSPS) is 15.2. The third-order valence-electron chi connectivity index (χ3n) is 2.65. The molecule has 0 bridgehead atoms. The van der Waals surface area contributed by atoms with Gasteiger partial charge >= 0.3 is 6.18 Å². The molecule has 0 aliphatic carbocycles. The van der Waals surface area contributed by atoms with Crippen molar-refractivity contribution in [3.8, 4) is 6.07 Å². The molecule has 0 radical (unpaired) electrons. The molecule has 2 rings (SSSR count). The number of benzene rings is 1. The molecule has 0 amide bonds. The fourth-order valence-electron chi connectivity index (χ4n) is 1.82. The van der Waals surface area contributed by atoms with Crippen molar-refractivity contribution in [1.29, 1.82) is 5.26 Å². The number of hydrogen-bond donors (Lipinski definition) is 1. The number of imidazole rings is 1. The van der Waals surface area contributed by atoms with Crippen LogP contribution in [0.3, 0.4) is 0 Å². The molecular formula is C12H11F3N4. The van der Waals surface area contributed by atoms with E-state index in [1.54, 1.807) is 18.2 Å². The summed E-state index contributed by atoms with van der Waals surface area (Å²) in [6.45, 7) is 1.10. The van der Waals surface area contributed by atoms with Gasteiger partial charge in [0.25, 0.3) is 0 Å². The first-order valence-corrected chi connectivity index (χ1v) is 5.47. The first-order valence-electron chi connectivity index (χ1n) is 5.47. The topological polar surface area (TPSA) is 67.6 Å². The predicted molar refractivity (Wildman–Crippen MR) is 62.9 cm³/mol. The number of fused-ring (bicyclic) bond motifs is 1. The van der Waals surface area contributed by atoms with E-state index in [9.17, 15) is 13.2 Å². The van der Waals surface area contributed by atoms with Gasteiger partial charge in [-0.1, -0.05) is 12.1 Å². The summed E-state index contributed by atoms with van der Waals surface area (Å²) in [5.41, 5.74) is 4.77. The third-order valence-corrected chi connectivity index (χ3v) is 2.65. The molecular weight excluding hydrogens is 257 g/mol. The Morgan fingerprint density at radius 2 is 2.00 bits per heavy atom. The van der Waals surface area contributed by atoms with Crippen LogP contribution in [-0.2, 0) is 12.7 Å². The van der Waals surface area contributed by atoms with Gasteiger partial charge in [-0.25, -0.2) is 4.98 Å². The fourth-order valence-corrected chi connectivity index (χ4v) is 1.82. The minimum absolute atomic E-state index is 0.226. The highest BCUT2D eigenvalue weighted by Crippen LogP contribution is 2.32. The molecule has 2 aromatic rings. The highest BCUT2D eigenvalue weighted by Gasteiger charge is 2.38. The lowest BCUT2D eigenvalue weighted by Gasteiger charge is -2.19. The van der Waals surface area contributed by atoms with E-state index in [4.69, 9.17) is 11.0 Å². The van der Waals surface area contributed by atoms with E-state index in [2.05, 4.69) is 4.98 Å². The van der Waals surface area contributed by atoms with Crippen LogP contribution in [0.2, 0.25) is 0 Å². The molecule has 0 saturated heterocycles. The van der Waals surface area contributed by atoms with Gasteiger partial charge in [-0.15, -0.1) is 0 Å². The van der Waals surface area contributed by atoms with Crippen molar-refractivity contribution < 1.29 is 13.2 Å². The van der Waals surface area contributed by atoms with Crippen molar-refractivity contribution >= 4 is 11.0 Å². The van der Waals surface area contributed by atoms with Gasteiger partial charge in [0.15, 0.2) is 0 Å². The lowest BCUT2D eigenvalue weighted by molar-refractivity contribution is -0.147. The number of rotatable bonds is 2. The van der Waals surface area contributed by atoms with E-state index in [1.165, 1.54) is 19.1 Å². The molecule has 2 N–H and O–H groups in total. The minimum Gasteiger partial charge on any atom is -0.317 e. The number of aromatic nitrogens is 2. The summed E-state index contributed by atoms with van der Waals surface area (Å²) >= 11 is 0. The number of hydrogen-bond acceptors (Lipinski definition) is 3. The monoisotopic (exact) mass is 268 g/mol. The maximum Gasteiger partial charge on any atom is 0.449 e. The lowest BCUT2D eigenvalue weighted by atomic mass is 10.1. The van der Waals surface area contributed by atoms with Crippen LogP contribution >= 0.6 is 0 Å². The van der Waals surface area contributed by atoms with Crippen molar-refractivity contribution in [2.45, 2.75) is 25.2 Å². The number of nitriles is 1. The quantitative estimate of drug-likeness (QED) is 0.908. The van der Waals surface area contributed by atoms with Gasteiger partial charge < -0.3 is 10.3 Å². The van der Waals surface area contributed by atoms with Crippen molar-refractivity contribution in [3.05, 3.63) is 30.1 Å². The molecule has 19 heavy (non-hydrogen) atoms. The molecule has 0 aliphatic heterocycles. The van der Waals surface area contributed by atoms with E-state index in [0.717, 1.165) is 4.57 Å². The highest BCUT2D eigenvalue weighted by molar-refractivity contribution is 5.76. The molecule has 0 spiro atoms. The fraction of sp³-hybridized carbons (Fsp3) is 0.333. The first-order chi connectivity index (χ1) is 8.74. The second kappa shape index (κ2) is 4.24. The Kier molecular flexibility index (Phi) is 2.98. The average Bonchev–Trinajstić information content (AvgIpc) is 2.68. The summed E-state index contributed by atoms with van der Waals surface area (Å²) in [7, 11) is 0. The molecule has 1 aromatic heterocycles. The zero-order valence-electron chi connectivity index (χ0n) is 10.1. The van der Waals surface area contributed by atoms with Crippen molar-refractivity contribution in [2.24, 2.45) is 5.73 Å². The largest absolute Gasteiger partial charge is 0.449 e. The van der Waals surface area contributed by atoms with Crippen LogP contribution in [0.15, 0.2) is 24.3 Å². The molecule has 1 atom stereocenters. The van der Waals surface area contributed by atoms with Gasteiger partial charge in [-0.05, 0) is 19.1 Å². The Morgan fingerprint density at radius 3 is 2.58 bits per heavy atom. The van der Waals surface area contributed by atoms with E-state index >= 15 is 0 Å². The summed E-state index contributed by atoms with van der Waals surface area (Å²) in [5, 5.41) is 8.87. The second-order valence-corrected chi connectivity index (χ2v) is 4.54. The number of nitrogens with zero attached hydrogens (tertiary/aromatic N) is 3. The number of nitrogens with two attached hydrogens (primary N) is 1. The summed E-state index contributed by atoms with van der Waals surface area (Å²) < 4.78 is 39.8. The zero-order chi connectivity index (χ0) is 14.3. The zero-order valence-corrected chi connectivity index (χ0v) is 10.1. The van der Waals surface area contributed by atoms with Crippen LogP contribution < -0.4 is 5.73 Å². The molecule has 0 saturated carbocycles. The molecule has 4 nitrogen and oxygen atoms in total. The van der Waals surface area contributed by atoms with Crippen LogP contribution in [0, 0.1) is 11.3 Å². The minimum atomic E-state index is -4.59. The Bertz CT molecular complexity index is 649. The van der Waals surface area contributed by atoms with Gasteiger partial charge in [0.05, 0.1) is 23.6 Å². The number of halogens is 3. The van der Waals surface area contributed by atoms with Crippen LogP contribution in [-0.4, -0.2) is 15.1 Å². The lowest BCUT2D eigenvalue weighted by Crippen LogP contribution is -2.40. The van der Waals surface area contributed by atoms with Crippen LogP contribution in [0.25, 0.3) is 11.0 Å². The second-order valence-electron chi connectivity index (χ2n) is 4.54. The molecule has 100 valence electrons. The van der Waals surface area contributed by atoms with E-state index in [-0.39, 0.29) is 12.1 Å². The summed E-state index contributed by atoms with van der Waals surface area (Å²) in [6, 6.07) is 8.01. The Morgan fingerprint density at radius 1 is 1.37 bits per heavy atom. The predicted octanol–water partition coefficient (Wildman–Crippen LogP) is 2.30. The third kappa shape index (κ3) is 2.53. The Hall–Kier alpha value is -2.07. The van der Waals surface area contributed by atoms with Gasteiger partial charge in [-0.2, -0.15) is 18.4 Å². The van der Waals surface area contributed by atoms with Crippen molar-refractivity contribution in [3.63, 3.8) is 0 Å². The van der Waals surface area contributed by atoms with Crippen molar-refractivity contribution in [2.75, 3.05) is 0 Å². The highest BCUT2D eigenvalue weighted by atomic mass is 19.4. The number of para-hydroxylation sites is 2. The summed E-state index contributed by atoms with van der Waals surface area (Å²) in [5.74, 6) is -1.04. The van der Waals surface area contributed by atoms with Crippen LogP contribution in [0.4, 0.5) is 13.2 Å². The van der Waals surface area contributed by atoms with Gasteiger partial charge in [-0.3, -0.25) is 0 Å². The Labute approximate surface area is 107 Å². The number of alkyl halides is 3. The SMILES string of the molecule is CC(N)(C#N)Cn1c(C(F)(F)F)nc2ccccc21. The standard InChI is InChI=1S/C12H11F3N4/c1-11(17,6-16)7-19-9-5-3-2-4-8(9)18-10(19)12(13,14)15/h2-5H,7,17H2,1H3. The maximum atomic E-state index is 13.0. The molecule has 1 heterocycles. The average molecular weight is 268 g/mol. The van der Waals surface area contributed by atoms with Gasteiger partial charge in [0, 0.05) is 0 Å². The van der Waals surface area contributed by atoms with E-state index in [0.29, 0.717) is 5.52 Å². The molecule has 1 aromatic carbocycles. The van der Waals surface area contributed by atoms with Crippen molar-refractivity contribution in [1.82, 2.24) is 9.55 Å². The van der Waals surface area contributed by atoms with E-state index in [1.807, 2.05) is 0 Å². The molecule has 0 fully saturated rings. The maximum absolute atomic E-state index is 13.0. The van der Waals surface area contributed by atoms with Crippen LogP contribution in [0.5, 0.6) is 0 Å². The molecule has 7 heteroatoms. The molecule has 0 aliphatic rings. The Balaban J connectivity index is 2.66. The first kappa shape index (κ1) is 13.4. The van der Waals surface area contributed by atoms with Gasteiger partial charge in [0.1, 0.15) is 5.54 Å². The molecule has 1 unspecified atom stereocenters. The van der Waals surface area contributed by atoms with Gasteiger partial charge in [0.2, 0.25) is 5.82 Å². The summed E-state index contributed by atoms with van der Waals surface area (Å²) in [6.07, 6.45) is -4.59. The van der Waals surface area contributed by atoms with Crippen LogP contribution in [0.1, 0.15) is 12.7 Å².